The number of hydrogen-bond acceptors (Lipinski definition) is 7. The van der Waals surface area contributed by atoms with E-state index in [9.17, 15) is 9.90 Å². The number of aryl methyl sites for hydroxylation is 1. The third-order valence-corrected chi connectivity index (χ3v) is 14.3. The predicted octanol–water partition coefficient (Wildman–Crippen LogP) is 8.13. The molecule has 7 atom stereocenters. The average molecular weight is 658 g/mol. The molecule has 7 nitrogen and oxygen atoms in total. The number of hydrogen-bond donors (Lipinski definition) is 1. The van der Waals surface area contributed by atoms with E-state index in [-0.39, 0.29) is 28.6 Å². The molecule has 2 aliphatic heterocycles. The first kappa shape index (κ1) is 32.4. The third kappa shape index (κ3) is 4.48. The van der Waals surface area contributed by atoms with Gasteiger partial charge in [-0.25, -0.2) is 4.79 Å². The zero-order chi connectivity index (χ0) is 33.5. The molecule has 7 heteroatoms. The molecule has 9 rings (SSSR count). The zero-order valence-electron chi connectivity index (χ0n) is 29.7. The van der Waals surface area contributed by atoms with Crippen molar-refractivity contribution in [3.05, 3.63) is 59.2 Å². The van der Waals surface area contributed by atoms with Crippen molar-refractivity contribution in [2.75, 3.05) is 20.3 Å². The quantitative estimate of drug-likeness (QED) is 0.193. The second-order valence-corrected chi connectivity index (χ2v) is 17.1. The highest BCUT2D eigenvalue weighted by molar-refractivity contribution is 5.64. The highest BCUT2D eigenvalue weighted by Crippen LogP contribution is 2.78. The Hall–Kier alpha value is -2.77. The summed E-state index contributed by atoms with van der Waals surface area (Å²) in [6, 6.07) is 15.6. The van der Waals surface area contributed by atoms with E-state index in [1.54, 1.807) is 0 Å². The molecule has 4 bridgehead atoms. The summed E-state index contributed by atoms with van der Waals surface area (Å²) in [4.78, 5) is 16.5. The number of unbranched alkanes of at least 4 members (excludes halogenated alkanes) is 3. The minimum atomic E-state index is -0.885. The summed E-state index contributed by atoms with van der Waals surface area (Å²) < 4.78 is 26.3. The smallest absolute Gasteiger partial charge is 0.504 e. The molecule has 0 amide bonds. The van der Waals surface area contributed by atoms with Gasteiger partial charge in [-0.15, -0.1) is 0 Å². The van der Waals surface area contributed by atoms with Gasteiger partial charge >= 0.3 is 6.16 Å². The van der Waals surface area contributed by atoms with Gasteiger partial charge in [0.1, 0.15) is 17.3 Å². The van der Waals surface area contributed by atoms with Gasteiger partial charge in [-0.05, 0) is 94.9 Å². The second-order valence-electron chi connectivity index (χ2n) is 17.1. The third-order valence-electron chi connectivity index (χ3n) is 14.3. The summed E-state index contributed by atoms with van der Waals surface area (Å²) in [5.41, 5.74) is 1.69. The molecule has 2 spiro atoms. The Labute approximate surface area is 286 Å². The largest absolute Gasteiger partial charge is 0.508 e. The molecule has 1 N–H and O–H groups in total. The first-order valence-electron chi connectivity index (χ1n) is 18.7. The van der Waals surface area contributed by atoms with Gasteiger partial charge in [0.25, 0.3) is 0 Å². The molecule has 7 unspecified atom stereocenters. The lowest BCUT2D eigenvalue weighted by Gasteiger charge is -2.75. The topological polar surface area (TPSA) is 77.5 Å². The second kappa shape index (κ2) is 11.4. The van der Waals surface area contributed by atoms with Crippen LogP contribution in [-0.4, -0.2) is 65.8 Å². The molecule has 2 aromatic carbocycles. The van der Waals surface area contributed by atoms with E-state index in [1.807, 2.05) is 13.2 Å². The van der Waals surface area contributed by atoms with Gasteiger partial charge in [-0.1, -0.05) is 70.0 Å². The van der Waals surface area contributed by atoms with Crippen LogP contribution < -0.4 is 4.74 Å². The Balaban J connectivity index is 1.06. The van der Waals surface area contributed by atoms with Gasteiger partial charge in [-0.2, -0.15) is 0 Å². The number of aromatic hydroxyl groups is 1. The van der Waals surface area contributed by atoms with Crippen LogP contribution in [-0.2, 0) is 32.5 Å². The fraction of sp³-hybridized carbons (Fsp3) is 0.683. The van der Waals surface area contributed by atoms with Crippen LogP contribution in [0, 0.1) is 16.7 Å². The van der Waals surface area contributed by atoms with E-state index >= 15 is 0 Å². The standard InChI is InChI=1S/C41H55NO6/c1-37(2,3)38(4,48-36(44)46-24-12-7-6-9-13-27-14-10-8-11-15-27)31-26-39-20-21-41(31,45-5)35-40(39)22-23-42(29-17-18-29)32(39)25-28-16-19-30(43)34(47-35)33(28)40/h8,10-11,14-16,19,29,31-32,35,43H,6-7,9,12-13,17-18,20-26H2,1-5H3. The number of nitrogens with zero attached hydrogens (tertiary/aromatic N) is 1. The lowest BCUT2D eigenvalue weighted by Crippen LogP contribution is -2.83. The number of likely N-dealkylation sites (tertiary alicyclic amines) is 1. The Morgan fingerprint density at radius 1 is 1.00 bits per heavy atom. The van der Waals surface area contributed by atoms with Crippen LogP contribution in [0.5, 0.6) is 11.5 Å². The number of ether oxygens (including phenoxy) is 4. The van der Waals surface area contributed by atoms with Crippen molar-refractivity contribution in [3.8, 4) is 11.5 Å². The Morgan fingerprint density at radius 2 is 1.77 bits per heavy atom. The number of benzene rings is 2. The van der Waals surface area contributed by atoms with Gasteiger partial charge in [0.05, 0.1) is 6.61 Å². The van der Waals surface area contributed by atoms with E-state index in [0.29, 0.717) is 24.4 Å². The van der Waals surface area contributed by atoms with E-state index < -0.39 is 22.8 Å². The first-order valence-corrected chi connectivity index (χ1v) is 18.7. The van der Waals surface area contributed by atoms with Crippen LogP contribution in [0.4, 0.5) is 4.79 Å². The Morgan fingerprint density at radius 3 is 2.50 bits per heavy atom. The lowest BCUT2D eigenvalue weighted by molar-refractivity contribution is -0.313. The molecule has 260 valence electrons. The lowest BCUT2D eigenvalue weighted by atomic mass is 9.33. The van der Waals surface area contributed by atoms with Crippen molar-refractivity contribution in [2.24, 2.45) is 16.7 Å². The maximum atomic E-state index is 13.6. The number of phenols is 1. The molecule has 2 heterocycles. The SMILES string of the molecule is COC12CCC3(CC1C(C)(OC(=O)OCCCCCCc1ccccc1)C(C)(C)C)C1Cc4ccc(O)c5c4C3(CCN1C1CC1)C2O5. The highest BCUT2D eigenvalue weighted by Gasteiger charge is 2.83. The zero-order valence-corrected chi connectivity index (χ0v) is 29.7. The highest BCUT2D eigenvalue weighted by atomic mass is 16.7. The number of phenolic OH excluding ortho intramolecular Hbond substituents is 1. The van der Waals surface area contributed by atoms with Crippen LogP contribution in [0.3, 0.4) is 0 Å². The van der Waals surface area contributed by atoms with Crippen LogP contribution in [0.2, 0.25) is 0 Å². The van der Waals surface area contributed by atoms with Crippen molar-refractivity contribution < 1.29 is 28.8 Å². The fourth-order valence-electron chi connectivity index (χ4n) is 11.5. The van der Waals surface area contributed by atoms with E-state index in [2.05, 4.69) is 69.0 Å². The minimum Gasteiger partial charge on any atom is -0.504 e. The van der Waals surface area contributed by atoms with Crippen LogP contribution in [0.15, 0.2) is 42.5 Å². The number of piperidine rings is 1. The van der Waals surface area contributed by atoms with Crippen LogP contribution >= 0.6 is 0 Å². The molecule has 2 aromatic rings. The van der Waals surface area contributed by atoms with Crippen molar-refractivity contribution in [1.29, 1.82) is 0 Å². The minimum absolute atomic E-state index is 0.0605. The molecule has 7 aliphatic rings. The monoisotopic (exact) mass is 657 g/mol. The van der Waals surface area contributed by atoms with Gasteiger partial charge in [0, 0.05) is 46.9 Å². The van der Waals surface area contributed by atoms with Crippen LogP contribution in [0.25, 0.3) is 0 Å². The number of rotatable bonds is 11. The summed E-state index contributed by atoms with van der Waals surface area (Å²) in [5.74, 6) is 0.786. The van der Waals surface area contributed by atoms with E-state index in [4.69, 9.17) is 18.9 Å². The molecule has 4 saturated carbocycles. The Kier molecular flexibility index (Phi) is 7.69. The maximum absolute atomic E-state index is 13.6. The Bertz CT molecular complexity index is 1550. The summed E-state index contributed by atoms with van der Waals surface area (Å²) in [7, 11) is 1.83. The number of carbonyl (C=O) groups is 1. The van der Waals surface area contributed by atoms with Crippen molar-refractivity contribution in [2.45, 2.75) is 140 Å². The predicted molar refractivity (Wildman–Crippen MR) is 184 cm³/mol. The van der Waals surface area contributed by atoms with Crippen molar-refractivity contribution in [1.82, 2.24) is 4.90 Å². The number of carbonyl (C=O) groups excluding carboxylic acids is 1. The summed E-state index contributed by atoms with van der Waals surface area (Å²) in [5, 5.41) is 11.2. The normalized spacial score (nSPS) is 34.2. The fourth-order valence-corrected chi connectivity index (χ4v) is 11.5. The number of fused-ring (bicyclic) bond motifs is 2. The molecule has 48 heavy (non-hydrogen) atoms. The van der Waals surface area contributed by atoms with E-state index in [1.165, 1.54) is 29.5 Å². The van der Waals surface area contributed by atoms with Crippen molar-refractivity contribution >= 4 is 6.16 Å². The number of methoxy groups -OCH3 is 1. The molecule has 1 saturated heterocycles. The molecular weight excluding hydrogens is 602 g/mol. The summed E-state index contributed by atoms with van der Waals surface area (Å²) in [6.45, 7) is 10.1. The molecular formula is C41H55NO6. The van der Waals surface area contributed by atoms with E-state index in [0.717, 1.165) is 70.8 Å². The van der Waals surface area contributed by atoms with Gasteiger partial charge < -0.3 is 24.1 Å². The van der Waals surface area contributed by atoms with Crippen molar-refractivity contribution in [3.63, 3.8) is 0 Å². The summed E-state index contributed by atoms with van der Waals surface area (Å²) in [6.07, 6.45) is 11.6. The summed E-state index contributed by atoms with van der Waals surface area (Å²) >= 11 is 0. The maximum Gasteiger partial charge on any atom is 0.508 e. The average Bonchev–Trinajstić information content (AvgIpc) is 3.84. The van der Waals surface area contributed by atoms with Gasteiger partial charge in [-0.3, -0.25) is 4.90 Å². The molecule has 5 fully saturated rings. The molecule has 0 aromatic heterocycles. The first-order chi connectivity index (χ1) is 23.0. The van der Waals surface area contributed by atoms with Gasteiger partial charge in [0.15, 0.2) is 11.5 Å². The molecule has 5 aliphatic carbocycles. The van der Waals surface area contributed by atoms with Crippen LogP contribution in [0.1, 0.15) is 109 Å². The molecule has 0 radical (unpaired) electrons. The van der Waals surface area contributed by atoms with Gasteiger partial charge in [0.2, 0.25) is 0 Å².